The molecule has 0 saturated heterocycles. The van der Waals surface area contributed by atoms with Gasteiger partial charge in [0, 0.05) is 37.1 Å². The average Bonchev–Trinajstić information content (AvgIpc) is 2.63. The van der Waals surface area contributed by atoms with Gasteiger partial charge >= 0.3 is 0 Å². The minimum absolute atomic E-state index is 0.115. The first kappa shape index (κ1) is 19.1. The highest BCUT2D eigenvalue weighted by Crippen LogP contribution is 2.39. The Morgan fingerprint density at radius 1 is 1.24 bits per heavy atom. The van der Waals surface area contributed by atoms with Crippen LogP contribution in [-0.2, 0) is 16.1 Å². The molecule has 0 unspecified atom stereocenters. The van der Waals surface area contributed by atoms with E-state index in [4.69, 9.17) is 9.47 Å². The second kappa shape index (κ2) is 8.71. The van der Waals surface area contributed by atoms with Gasteiger partial charge in [-0.3, -0.25) is 9.59 Å². The lowest BCUT2D eigenvalue weighted by Crippen LogP contribution is -2.39. The zero-order valence-electron chi connectivity index (χ0n) is 15.0. The Morgan fingerprint density at radius 3 is 2.56 bits per heavy atom. The molecule has 1 aromatic rings. The average molecular weight is 350 g/mol. The number of amides is 2. The number of carbonyl (C=O) groups is 2. The van der Waals surface area contributed by atoms with Crippen molar-refractivity contribution < 1.29 is 24.2 Å². The van der Waals surface area contributed by atoms with Crippen LogP contribution in [0.4, 0.5) is 0 Å². The summed E-state index contributed by atoms with van der Waals surface area (Å²) in [5.74, 6) is 0.885. The van der Waals surface area contributed by atoms with Crippen LogP contribution in [0.5, 0.6) is 11.5 Å². The second-order valence-electron chi connectivity index (χ2n) is 6.00. The van der Waals surface area contributed by atoms with Crippen molar-refractivity contribution in [3.63, 3.8) is 0 Å². The zero-order valence-corrected chi connectivity index (χ0v) is 15.0. The van der Waals surface area contributed by atoms with Crippen LogP contribution in [0.3, 0.4) is 0 Å². The van der Waals surface area contributed by atoms with E-state index in [2.05, 4.69) is 5.32 Å². The molecule has 1 atom stereocenters. The second-order valence-corrected chi connectivity index (χ2v) is 6.00. The van der Waals surface area contributed by atoms with Gasteiger partial charge < -0.3 is 24.8 Å². The van der Waals surface area contributed by atoms with Crippen LogP contribution in [-0.4, -0.2) is 49.1 Å². The zero-order chi connectivity index (χ0) is 18.4. The SMILES string of the molecule is CCCNC(=O)CCC(=O)N1Cc2c(OC)ccc(OC)c2[C@@H](O)C1. The third-order valence-electron chi connectivity index (χ3n) is 4.28. The molecule has 1 heterocycles. The van der Waals surface area contributed by atoms with E-state index in [-0.39, 0.29) is 31.2 Å². The lowest BCUT2D eigenvalue weighted by Gasteiger charge is -2.34. The molecule has 7 heteroatoms. The first-order valence-corrected chi connectivity index (χ1v) is 8.48. The standard InChI is InChI=1S/C18H26N2O5/c1-4-9-19-16(22)7-8-17(23)20-10-12-14(24-2)5-6-15(25-3)18(12)13(21)11-20/h5-6,13,21H,4,7-11H2,1-3H3,(H,19,22)/t13-/m0/s1. The molecule has 0 spiro atoms. The molecule has 138 valence electrons. The molecule has 0 fully saturated rings. The smallest absolute Gasteiger partial charge is 0.223 e. The summed E-state index contributed by atoms with van der Waals surface area (Å²) in [5.41, 5.74) is 1.40. The van der Waals surface area contributed by atoms with E-state index in [9.17, 15) is 14.7 Å². The van der Waals surface area contributed by atoms with E-state index in [0.717, 1.165) is 12.0 Å². The lowest BCUT2D eigenvalue weighted by atomic mass is 9.95. The predicted octanol–water partition coefficient (Wildman–Crippen LogP) is 1.39. The number of methoxy groups -OCH3 is 2. The van der Waals surface area contributed by atoms with Gasteiger partial charge in [0.2, 0.25) is 11.8 Å². The summed E-state index contributed by atoms with van der Waals surface area (Å²) >= 11 is 0. The van der Waals surface area contributed by atoms with Gasteiger partial charge in [0.25, 0.3) is 0 Å². The van der Waals surface area contributed by atoms with Crippen LogP contribution in [0.15, 0.2) is 12.1 Å². The molecule has 25 heavy (non-hydrogen) atoms. The Morgan fingerprint density at radius 2 is 1.92 bits per heavy atom. The van der Waals surface area contributed by atoms with Gasteiger partial charge in [0.15, 0.2) is 0 Å². The van der Waals surface area contributed by atoms with E-state index in [1.54, 1.807) is 31.3 Å². The van der Waals surface area contributed by atoms with E-state index >= 15 is 0 Å². The number of nitrogens with one attached hydrogen (secondary N) is 1. The number of fused-ring (bicyclic) bond motifs is 1. The number of hydrogen-bond donors (Lipinski definition) is 2. The minimum Gasteiger partial charge on any atom is -0.496 e. The summed E-state index contributed by atoms with van der Waals surface area (Å²) in [6.45, 7) is 3.08. The van der Waals surface area contributed by atoms with Gasteiger partial charge in [-0.25, -0.2) is 0 Å². The van der Waals surface area contributed by atoms with Gasteiger partial charge in [0.05, 0.1) is 20.8 Å². The molecule has 2 rings (SSSR count). The van der Waals surface area contributed by atoms with Crippen molar-refractivity contribution in [2.75, 3.05) is 27.3 Å². The van der Waals surface area contributed by atoms with Gasteiger partial charge in [-0.2, -0.15) is 0 Å². The van der Waals surface area contributed by atoms with Gasteiger partial charge in [-0.1, -0.05) is 6.92 Å². The molecule has 1 aliphatic heterocycles. The number of aliphatic hydroxyl groups excluding tert-OH is 1. The van der Waals surface area contributed by atoms with Crippen LogP contribution < -0.4 is 14.8 Å². The van der Waals surface area contributed by atoms with Gasteiger partial charge in [-0.05, 0) is 18.6 Å². The number of rotatable bonds is 7. The molecule has 2 amide bonds. The number of ether oxygens (including phenoxy) is 2. The Hall–Kier alpha value is -2.28. The highest BCUT2D eigenvalue weighted by atomic mass is 16.5. The molecule has 0 radical (unpaired) electrons. The van der Waals surface area contributed by atoms with Gasteiger partial charge in [-0.15, -0.1) is 0 Å². The van der Waals surface area contributed by atoms with Crippen molar-refractivity contribution >= 4 is 11.8 Å². The molecular weight excluding hydrogens is 324 g/mol. The van der Waals surface area contributed by atoms with Crippen molar-refractivity contribution in [2.45, 2.75) is 38.8 Å². The van der Waals surface area contributed by atoms with E-state index in [1.165, 1.54) is 0 Å². The molecule has 7 nitrogen and oxygen atoms in total. The fourth-order valence-corrected chi connectivity index (χ4v) is 3.00. The van der Waals surface area contributed by atoms with Crippen molar-refractivity contribution in [1.82, 2.24) is 10.2 Å². The normalized spacial score (nSPS) is 16.2. The summed E-state index contributed by atoms with van der Waals surface area (Å²) in [5, 5.41) is 13.3. The van der Waals surface area contributed by atoms with Crippen LogP contribution in [0.1, 0.15) is 43.4 Å². The van der Waals surface area contributed by atoms with Crippen molar-refractivity contribution in [2.24, 2.45) is 0 Å². The maximum Gasteiger partial charge on any atom is 0.223 e. The molecule has 0 aromatic heterocycles. The number of hydrogen-bond acceptors (Lipinski definition) is 5. The fourth-order valence-electron chi connectivity index (χ4n) is 3.00. The number of carbonyl (C=O) groups excluding carboxylic acids is 2. The number of benzene rings is 1. The number of aliphatic hydroxyl groups is 1. The molecule has 1 aromatic carbocycles. The number of β-amino-alcohol motifs (C(OH)–C–C–N with tert-alkyl or cyclic N) is 1. The summed E-state index contributed by atoms with van der Waals surface area (Å²) in [6.07, 6.45) is 0.264. The minimum atomic E-state index is -0.855. The fraction of sp³-hybridized carbons (Fsp3) is 0.556. The third kappa shape index (κ3) is 4.42. The molecule has 1 aliphatic rings. The van der Waals surface area contributed by atoms with Crippen molar-refractivity contribution in [3.05, 3.63) is 23.3 Å². The number of nitrogens with zero attached hydrogens (tertiary/aromatic N) is 1. The van der Waals surface area contributed by atoms with Crippen molar-refractivity contribution in [1.29, 1.82) is 0 Å². The highest BCUT2D eigenvalue weighted by molar-refractivity contribution is 5.84. The van der Waals surface area contributed by atoms with Crippen molar-refractivity contribution in [3.8, 4) is 11.5 Å². The Labute approximate surface area is 147 Å². The first-order valence-electron chi connectivity index (χ1n) is 8.48. The third-order valence-corrected chi connectivity index (χ3v) is 4.28. The first-order chi connectivity index (χ1) is 12.0. The summed E-state index contributed by atoms with van der Waals surface area (Å²) in [4.78, 5) is 25.7. The Kier molecular flexibility index (Phi) is 6.64. The summed E-state index contributed by atoms with van der Waals surface area (Å²) in [6, 6.07) is 3.51. The quantitative estimate of drug-likeness (QED) is 0.776. The van der Waals surface area contributed by atoms with Crippen LogP contribution in [0.25, 0.3) is 0 Å². The lowest BCUT2D eigenvalue weighted by molar-refractivity contribution is -0.136. The van der Waals surface area contributed by atoms with E-state index in [0.29, 0.717) is 30.2 Å². The van der Waals surface area contributed by atoms with E-state index in [1.807, 2.05) is 6.92 Å². The monoisotopic (exact) mass is 350 g/mol. The molecule has 0 bridgehead atoms. The topological polar surface area (TPSA) is 88.1 Å². The Balaban J connectivity index is 2.09. The summed E-state index contributed by atoms with van der Waals surface area (Å²) in [7, 11) is 3.09. The molecule has 0 aliphatic carbocycles. The van der Waals surface area contributed by atoms with Crippen LogP contribution >= 0.6 is 0 Å². The van der Waals surface area contributed by atoms with Crippen LogP contribution in [0.2, 0.25) is 0 Å². The largest absolute Gasteiger partial charge is 0.496 e. The molecule has 2 N–H and O–H groups in total. The molecule has 0 saturated carbocycles. The maximum absolute atomic E-state index is 12.4. The maximum atomic E-state index is 12.4. The highest BCUT2D eigenvalue weighted by Gasteiger charge is 2.31. The summed E-state index contributed by atoms with van der Waals surface area (Å²) < 4.78 is 10.7. The molecular formula is C18H26N2O5. The van der Waals surface area contributed by atoms with Crippen LogP contribution in [0, 0.1) is 0 Å². The predicted molar refractivity (Wildman–Crippen MR) is 92.5 cm³/mol. The Bertz CT molecular complexity index is 632. The van der Waals surface area contributed by atoms with Gasteiger partial charge in [0.1, 0.15) is 17.6 Å². The van der Waals surface area contributed by atoms with E-state index < -0.39 is 6.10 Å².